The highest BCUT2D eigenvalue weighted by molar-refractivity contribution is 7.90. The number of aryl methyl sites for hydroxylation is 1. The number of hydrogen-bond acceptors (Lipinski definition) is 7. The van der Waals surface area contributed by atoms with E-state index in [4.69, 9.17) is 0 Å². The van der Waals surface area contributed by atoms with Gasteiger partial charge in [-0.2, -0.15) is 0 Å². The van der Waals surface area contributed by atoms with Crippen LogP contribution in [0.2, 0.25) is 0 Å². The Morgan fingerprint density at radius 2 is 2.07 bits per heavy atom. The molecule has 0 saturated heterocycles. The van der Waals surface area contributed by atoms with Crippen LogP contribution in [0.25, 0.3) is 10.6 Å². The Hall–Kier alpha value is -2.33. The Morgan fingerprint density at radius 1 is 1.34 bits per heavy atom. The van der Waals surface area contributed by atoms with E-state index in [1.165, 1.54) is 31.1 Å². The van der Waals surface area contributed by atoms with Gasteiger partial charge in [-0.1, -0.05) is 24.2 Å². The van der Waals surface area contributed by atoms with Crippen LogP contribution in [0, 0.1) is 12.8 Å². The molecule has 2 amide bonds. The normalized spacial score (nSPS) is 16.2. The summed E-state index contributed by atoms with van der Waals surface area (Å²) in [5.41, 5.74) is 1.95. The fraction of sp³-hybridized carbons (Fsp3) is 0.474. The van der Waals surface area contributed by atoms with Gasteiger partial charge in [0.2, 0.25) is 5.91 Å². The third-order valence-corrected chi connectivity index (χ3v) is 7.19. The van der Waals surface area contributed by atoms with Gasteiger partial charge in [0, 0.05) is 26.3 Å². The van der Waals surface area contributed by atoms with Gasteiger partial charge in [0.05, 0.1) is 21.8 Å². The Labute approximate surface area is 173 Å². The van der Waals surface area contributed by atoms with E-state index >= 15 is 0 Å². The molecule has 2 aromatic heterocycles. The van der Waals surface area contributed by atoms with Crippen molar-refractivity contribution < 1.29 is 18.0 Å². The molecule has 2 aliphatic rings. The molecule has 0 bridgehead atoms. The van der Waals surface area contributed by atoms with Crippen molar-refractivity contribution in [3.05, 3.63) is 22.9 Å². The van der Waals surface area contributed by atoms with Crippen molar-refractivity contribution in [3.8, 4) is 10.6 Å². The molecule has 0 unspecified atom stereocenters. The van der Waals surface area contributed by atoms with Gasteiger partial charge in [-0.15, -0.1) is 0 Å². The molecule has 0 spiro atoms. The maximum Gasteiger partial charge on any atom is 0.257 e. The Morgan fingerprint density at radius 3 is 2.69 bits per heavy atom. The summed E-state index contributed by atoms with van der Waals surface area (Å²) < 4.78 is 24.9. The molecule has 0 atom stereocenters. The van der Waals surface area contributed by atoms with Gasteiger partial charge in [-0.25, -0.2) is 18.4 Å². The van der Waals surface area contributed by atoms with Crippen molar-refractivity contribution in [1.82, 2.24) is 14.9 Å². The van der Waals surface area contributed by atoms with E-state index < -0.39 is 9.84 Å². The van der Waals surface area contributed by atoms with Gasteiger partial charge in [-0.3, -0.25) is 9.59 Å². The number of nitrogens with zero attached hydrogens (tertiary/aromatic N) is 3. The Balaban J connectivity index is 1.75. The summed E-state index contributed by atoms with van der Waals surface area (Å²) in [6.07, 6.45) is 4.43. The maximum absolute atomic E-state index is 12.9. The van der Waals surface area contributed by atoms with Crippen LogP contribution in [-0.2, 0) is 21.2 Å². The lowest BCUT2D eigenvalue weighted by molar-refractivity contribution is -0.114. The summed E-state index contributed by atoms with van der Waals surface area (Å²) in [6, 6.07) is 1.77. The molecule has 4 rings (SSSR count). The number of carbonyl (C=O) groups is 2. The Bertz CT molecular complexity index is 1120. The summed E-state index contributed by atoms with van der Waals surface area (Å²) in [5.74, 6) is 0.183. The average Bonchev–Trinajstić information content (AvgIpc) is 3.30. The smallest absolute Gasteiger partial charge is 0.257 e. The molecule has 3 heterocycles. The maximum atomic E-state index is 12.9. The molecule has 1 aliphatic heterocycles. The van der Waals surface area contributed by atoms with Gasteiger partial charge < -0.3 is 10.2 Å². The van der Waals surface area contributed by atoms with E-state index in [0.717, 1.165) is 12.7 Å². The topological polar surface area (TPSA) is 109 Å². The number of aromatic nitrogens is 2. The predicted octanol–water partition coefficient (Wildman–Crippen LogP) is 2.63. The quantitative estimate of drug-likeness (QED) is 0.748. The van der Waals surface area contributed by atoms with Crippen LogP contribution in [0.1, 0.15) is 47.8 Å². The molecule has 1 fully saturated rings. The van der Waals surface area contributed by atoms with Crippen LogP contribution in [0.5, 0.6) is 0 Å². The number of carbonyl (C=O) groups excluding carboxylic acids is 2. The largest absolute Gasteiger partial charge is 0.334 e. The summed E-state index contributed by atoms with van der Waals surface area (Å²) in [4.78, 5) is 35.3. The van der Waals surface area contributed by atoms with Gasteiger partial charge >= 0.3 is 0 Å². The molecule has 8 nitrogen and oxygen atoms in total. The van der Waals surface area contributed by atoms with Crippen molar-refractivity contribution >= 4 is 38.1 Å². The molecular formula is C19H22N4O4S2. The van der Waals surface area contributed by atoms with E-state index in [-0.39, 0.29) is 22.4 Å². The molecule has 1 N–H and O–H groups in total. The second-order valence-corrected chi connectivity index (χ2v) is 10.6. The van der Waals surface area contributed by atoms with Crippen molar-refractivity contribution in [3.63, 3.8) is 0 Å². The molecule has 29 heavy (non-hydrogen) atoms. The van der Waals surface area contributed by atoms with E-state index in [9.17, 15) is 18.0 Å². The molecular weight excluding hydrogens is 412 g/mol. The monoisotopic (exact) mass is 434 g/mol. The van der Waals surface area contributed by atoms with Crippen LogP contribution < -0.4 is 5.32 Å². The number of thiazole rings is 1. The number of hydrogen-bond donors (Lipinski definition) is 1. The Kier molecular flexibility index (Phi) is 4.94. The van der Waals surface area contributed by atoms with Crippen molar-refractivity contribution in [2.45, 2.75) is 44.7 Å². The zero-order valence-corrected chi connectivity index (χ0v) is 18.1. The third kappa shape index (κ3) is 4.04. The van der Waals surface area contributed by atoms with Crippen LogP contribution >= 0.6 is 11.3 Å². The first kappa shape index (κ1) is 20.0. The SMILES string of the molecule is CC(=O)Nc1nc(C)c(-c2cc3c(c(S(C)(=O)=O)n2)C(=O)N(CCC2CC2)C3)s1. The zero-order valence-electron chi connectivity index (χ0n) is 16.5. The van der Waals surface area contributed by atoms with Crippen LogP contribution in [-0.4, -0.2) is 47.9 Å². The summed E-state index contributed by atoms with van der Waals surface area (Å²) >= 11 is 1.23. The predicted molar refractivity (Wildman–Crippen MR) is 110 cm³/mol. The van der Waals surface area contributed by atoms with Crippen LogP contribution in [0.3, 0.4) is 0 Å². The minimum atomic E-state index is -3.70. The second kappa shape index (κ2) is 7.17. The number of anilines is 1. The zero-order chi connectivity index (χ0) is 20.9. The van der Waals surface area contributed by atoms with Crippen molar-refractivity contribution in [1.29, 1.82) is 0 Å². The number of amides is 2. The van der Waals surface area contributed by atoms with Crippen LogP contribution in [0.4, 0.5) is 5.13 Å². The second-order valence-electron chi connectivity index (χ2n) is 7.69. The number of pyridine rings is 1. The fourth-order valence-corrected chi connectivity index (χ4v) is 5.34. The van der Waals surface area contributed by atoms with E-state index in [1.807, 2.05) is 0 Å². The lowest BCUT2D eigenvalue weighted by atomic mass is 10.1. The lowest BCUT2D eigenvalue weighted by Crippen LogP contribution is -2.26. The van der Waals surface area contributed by atoms with E-state index in [0.29, 0.717) is 46.0 Å². The first-order chi connectivity index (χ1) is 13.6. The fourth-order valence-electron chi connectivity index (χ4n) is 3.51. The van der Waals surface area contributed by atoms with E-state index in [2.05, 4.69) is 15.3 Å². The minimum Gasteiger partial charge on any atom is -0.334 e. The van der Waals surface area contributed by atoms with Gasteiger partial charge in [0.1, 0.15) is 0 Å². The lowest BCUT2D eigenvalue weighted by Gasteiger charge is -2.14. The average molecular weight is 435 g/mol. The molecule has 0 radical (unpaired) electrons. The van der Waals surface area contributed by atoms with Gasteiger partial charge in [0.15, 0.2) is 20.0 Å². The highest BCUT2D eigenvalue weighted by Crippen LogP contribution is 2.38. The third-order valence-electron chi connectivity index (χ3n) is 5.10. The first-order valence-corrected chi connectivity index (χ1v) is 12.1. The molecule has 1 aliphatic carbocycles. The minimum absolute atomic E-state index is 0.183. The van der Waals surface area contributed by atoms with Crippen molar-refractivity contribution in [2.75, 3.05) is 18.1 Å². The molecule has 2 aromatic rings. The first-order valence-electron chi connectivity index (χ1n) is 9.42. The highest BCUT2D eigenvalue weighted by atomic mass is 32.2. The number of nitrogens with one attached hydrogen (secondary N) is 1. The van der Waals surface area contributed by atoms with Crippen LogP contribution in [0.15, 0.2) is 11.1 Å². The molecule has 0 aromatic carbocycles. The van der Waals surface area contributed by atoms with Crippen molar-refractivity contribution in [2.24, 2.45) is 5.92 Å². The summed E-state index contributed by atoms with van der Waals surface area (Å²) in [5, 5.41) is 2.88. The molecule has 154 valence electrons. The molecule has 10 heteroatoms. The summed E-state index contributed by atoms with van der Waals surface area (Å²) in [6.45, 7) is 4.19. The highest BCUT2D eigenvalue weighted by Gasteiger charge is 2.36. The number of fused-ring (bicyclic) bond motifs is 1. The van der Waals surface area contributed by atoms with Gasteiger partial charge in [0.25, 0.3) is 5.91 Å². The summed E-state index contributed by atoms with van der Waals surface area (Å²) in [7, 11) is -3.70. The number of sulfone groups is 1. The number of rotatable bonds is 6. The molecule has 1 saturated carbocycles. The van der Waals surface area contributed by atoms with E-state index in [1.54, 1.807) is 17.9 Å². The van der Waals surface area contributed by atoms with Gasteiger partial charge in [-0.05, 0) is 30.9 Å². The standard InChI is InChI=1S/C19H22N4O4S2/c1-10-16(28-19(20-10)21-11(2)24)14-8-13-9-23(7-6-12-4-5-12)18(25)15(13)17(22-14)29(3,26)27/h8,12H,4-7,9H2,1-3H3,(H,20,21,24).